The van der Waals surface area contributed by atoms with Gasteiger partial charge in [-0.2, -0.15) is 0 Å². The van der Waals surface area contributed by atoms with E-state index in [1.54, 1.807) is 29.2 Å². The Bertz CT molecular complexity index is 3100. The fraction of sp³-hybridized carbons (Fsp3) is 0.680. The molecule has 87 heavy (non-hydrogen) atoms. The molecule has 12 nitrogen and oxygen atoms in total. The van der Waals surface area contributed by atoms with Crippen LogP contribution in [-0.4, -0.2) is 94.7 Å². The predicted molar refractivity (Wildman–Crippen MR) is 334 cm³/mol. The molecular formula is C75H100N2O10. The molecule has 4 aliphatic heterocycles. The fourth-order valence-corrected chi connectivity index (χ4v) is 21.4. The number of carbonyl (C=O) groups excluding carboxylic acids is 4. The molecule has 2 aromatic carbocycles. The Morgan fingerprint density at radius 3 is 1.72 bits per heavy atom. The number of allylic oxidation sites excluding steroid dienone is 4. The van der Waals surface area contributed by atoms with E-state index in [2.05, 4.69) is 72.4 Å². The molecule has 0 N–H and O–H groups in total. The molecule has 2 aromatic rings. The summed E-state index contributed by atoms with van der Waals surface area (Å²) in [6, 6.07) is 19.9. The van der Waals surface area contributed by atoms with Crippen molar-refractivity contribution < 1.29 is 47.6 Å². The molecular weight excluding hydrogens is 1090 g/mol. The topological polar surface area (TPSA) is 130 Å². The molecule has 0 radical (unpaired) electrons. The number of amides is 2. The van der Waals surface area contributed by atoms with Crippen molar-refractivity contribution in [2.75, 3.05) is 13.1 Å². The summed E-state index contributed by atoms with van der Waals surface area (Å²) < 4.78 is 37.2. The van der Waals surface area contributed by atoms with E-state index < -0.39 is 6.16 Å². The van der Waals surface area contributed by atoms with Crippen LogP contribution < -0.4 is 0 Å². The molecule has 20 atom stereocenters. The molecule has 470 valence electrons. The number of fused-ring (bicyclic) bond motifs is 12. The number of nitrogens with zero attached hydrogens (tertiary/aromatic N) is 2. The Hall–Kier alpha value is -5.20. The molecule has 2 amide bonds. The Morgan fingerprint density at radius 1 is 0.598 bits per heavy atom. The fourth-order valence-electron chi connectivity index (χ4n) is 21.4. The summed E-state index contributed by atoms with van der Waals surface area (Å²) in [5, 5.41) is 0. The number of benzene rings is 2. The maximum Gasteiger partial charge on any atom is 0.508 e. The minimum atomic E-state index is -0.571. The van der Waals surface area contributed by atoms with E-state index in [0.29, 0.717) is 59.8 Å². The lowest BCUT2D eigenvalue weighted by atomic mass is 9.56. The van der Waals surface area contributed by atoms with Crippen molar-refractivity contribution in [3.05, 3.63) is 117 Å². The van der Waals surface area contributed by atoms with Crippen LogP contribution in [0.3, 0.4) is 0 Å². The van der Waals surface area contributed by atoms with E-state index in [1.165, 1.54) is 30.9 Å². The highest BCUT2D eigenvalue weighted by Gasteiger charge is 2.64. The van der Waals surface area contributed by atoms with Gasteiger partial charge in [-0.1, -0.05) is 142 Å². The molecule has 0 aromatic heterocycles. The summed E-state index contributed by atoms with van der Waals surface area (Å²) in [5.74, 6) is 5.37. The molecule has 8 aliphatic carbocycles. The van der Waals surface area contributed by atoms with Gasteiger partial charge in [0.1, 0.15) is 25.4 Å². The van der Waals surface area contributed by atoms with Crippen LogP contribution in [0, 0.1) is 70.0 Å². The zero-order chi connectivity index (χ0) is 60.9. The van der Waals surface area contributed by atoms with Gasteiger partial charge in [-0.3, -0.25) is 9.59 Å². The maximum atomic E-state index is 13.6. The first-order valence-corrected chi connectivity index (χ1v) is 34.1. The lowest BCUT2D eigenvalue weighted by Gasteiger charge is -2.49. The van der Waals surface area contributed by atoms with E-state index in [0.717, 1.165) is 114 Å². The van der Waals surface area contributed by atoms with Crippen molar-refractivity contribution in [1.82, 2.24) is 9.80 Å². The predicted octanol–water partition coefficient (Wildman–Crippen LogP) is 15.6. The third-order valence-electron chi connectivity index (χ3n) is 25.8. The monoisotopic (exact) mass is 1190 g/mol. The normalized spacial score (nSPS) is 41.4. The van der Waals surface area contributed by atoms with E-state index in [9.17, 15) is 19.2 Å². The lowest BCUT2D eigenvalue weighted by Crippen LogP contribution is -2.54. The Kier molecular flexibility index (Phi) is 16.4. The summed E-state index contributed by atoms with van der Waals surface area (Å²) in [4.78, 5) is 54.6. The minimum Gasteiger partial charge on any atom is -0.462 e. The van der Waals surface area contributed by atoms with Gasteiger partial charge in [-0.15, -0.1) is 0 Å². The van der Waals surface area contributed by atoms with Gasteiger partial charge in [-0.05, 0) is 185 Å². The van der Waals surface area contributed by atoms with Gasteiger partial charge < -0.3 is 38.2 Å². The summed E-state index contributed by atoms with van der Waals surface area (Å²) in [6.45, 7) is 24.3. The van der Waals surface area contributed by atoms with Crippen LogP contribution in [-0.2, 0) is 51.2 Å². The van der Waals surface area contributed by atoms with Crippen LogP contribution in [0.2, 0.25) is 0 Å². The number of hydrogen-bond acceptors (Lipinski definition) is 10. The van der Waals surface area contributed by atoms with Gasteiger partial charge in [0.05, 0.1) is 35.5 Å². The molecule has 0 bridgehead atoms. The maximum absolute atomic E-state index is 13.6. The van der Waals surface area contributed by atoms with Crippen molar-refractivity contribution in [3.8, 4) is 0 Å². The molecule has 8 fully saturated rings. The highest BCUT2D eigenvalue weighted by Crippen LogP contribution is 2.67. The molecule has 2 spiro atoms. The molecule has 12 aliphatic rings. The largest absolute Gasteiger partial charge is 0.508 e. The summed E-state index contributed by atoms with van der Waals surface area (Å²) in [6.07, 6.45) is 22.2. The van der Waals surface area contributed by atoms with E-state index in [4.69, 9.17) is 28.4 Å². The quantitative estimate of drug-likeness (QED) is 0.157. The lowest BCUT2D eigenvalue weighted by molar-refractivity contribution is -0.148. The van der Waals surface area contributed by atoms with Crippen LogP contribution in [0.5, 0.6) is 0 Å². The second-order valence-electron chi connectivity index (χ2n) is 30.5. The Morgan fingerprint density at radius 2 is 1.13 bits per heavy atom. The zero-order valence-electron chi connectivity index (χ0n) is 54.0. The molecule has 4 heterocycles. The van der Waals surface area contributed by atoms with E-state index >= 15 is 0 Å². The molecule has 12 heteroatoms. The summed E-state index contributed by atoms with van der Waals surface area (Å²) >= 11 is 0. The number of ether oxygens (including phenoxy) is 6. The average molecular weight is 1190 g/mol. The van der Waals surface area contributed by atoms with Crippen LogP contribution in [0.15, 0.2) is 106 Å². The molecule has 0 unspecified atom stereocenters. The standard InChI is InChI=1S/C43H53NO6.C32H47NO4/c1-27-21-38-39(44(24-27)40(45)47-25-30-11-7-5-8-12-30)29(3)43(50-38)20-18-34-35-16-15-32-22-33(49-41(46)48-26-31-13-9-6-10-14-31)17-19-42(32,4)37(35)23-36(34)28(43)2;1-18-13-29-30(33(17-18)21(4)34)20(3)32(37-29)12-10-25-26-8-7-23-14-24(36-22(5)35)9-11-31(23,6)28(26)15-27(25)19(2)16-32/h5-15,27,29,33-35,37-39H,16-26H2,1-4H3;7,18,20,24-26,28-30H,8-17H2,1-6H3/t27-,29+,33-,34-,35-,37-,38+,39-,42-,43-;18-,20+,24-,25-,26-,28-,29+,30-,31-,32-/m00/s1. The third-order valence-corrected chi connectivity index (χ3v) is 25.8. The van der Waals surface area contributed by atoms with Crippen molar-refractivity contribution >= 4 is 24.1 Å². The van der Waals surface area contributed by atoms with E-state index in [1.807, 2.05) is 65.6 Å². The van der Waals surface area contributed by atoms with Gasteiger partial charge in [0, 0.05) is 51.6 Å². The number of hydrogen-bond donors (Lipinski definition) is 0. The van der Waals surface area contributed by atoms with Crippen LogP contribution in [0.4, 0.5) is 9.59 Å². The van der Waals surface area contributed by atoms with Gasteiger partial charge in [0.25, 0.3) is 0 Å². The SMILES string of the molecule is CC(=O)O[C@H]1CC[C@@]2(C)C(=CC[C@H]3[C@@H]4CC[C@@]5(CC(C)=C4C[C@@H]32)O[C@@H]2C[C@H](C)CN(C(C)=O)[C@H]2[C@H]5C)C1.CC1=C2C[C@H]3[C@@H](CC=C4C[C@@H](OC(=O)OCc5ccccc5)CC[C@@]43C)[C@@H]2CC[C@]12O[C@@H]1C[C@H](C)CN(C(=O)OCc3ccccc3)[C@H]1[C@H]2C. The second-order valence-corrected chi connectivity index (χ2v) is 30.5. The zero-order valence-corrected chi connectivity index (χ0v) is 54.0. The van der Waals surface area contributed by atoms with Crippen LogP contribution in [0.1, 0.15) is 190 Å². The van der Waals surface area contributed by atoms with Gasteiger partial charge in [0.2, 0.25) is 5.91 Å². The Balaban J connectivity index is 0.000000168. The van der Waals surface area contributed by atoms with Crippen molar-refractivity contribution in [2.24, 2.45) is 70.0 Å². The Labute approximate surface area is 519 Å². The van der Waals surface area contributed by atoms with Crippen molar-refractivity contribution in [3.63, 3.8) is 0 Å². The number of rotatable bonds is 6. The first kappa shape index (κ1) is 60.7. The van der Waals surface area contributed by atoms with Crippen molar-refractivity contribution in [1.29, 1.82) is 0 Å². The number of carbonyl (C=O) groups is 4. The minimum absolute atomic E-state index is 0.0192. The highest BCUT2D eigenvalue weighted by atomic mass is 16.7. The first-order valence-electron chi connectivity index (χ1n) is 34.1. The average Bonchev–Trinajstić information content (AvgIpc) is 1.59. The van der Waals surface area contributed by atoms with Gasteiger partial charge in [0.15, 0.2) is 0 Å². The second kappa shape index (κ2) is 23.6. The third kappa shape index (κ3) is 10.8. The van der Waals surface area contributed by atoms with E-state index in [-0.39, 0.29) is 95.6 Å². The van der Waals surface area contributed by atoms with Crippen molar-refractivity contribution in [2.45, 2.75) is 239 Å². The number of piperidine rings is 2. The molecule has 4 saturated carbocycles. The smallest absolute Gasteiger partial charge is 0.462 e. The highest BCUT2D eigenvalue weighted by molar-refractivity contribution is 5.74. The van der Waals surface area contributed by atoms with Gasteiger partial charge >= 0.3 is 18.2 Å². The summed E-state index contributed by atoms with van der Waals surface area (Å²) in [5.41, 5.74) is 11.2. The first-order chi connectivity index (χ1) is 41.7. The number of likely N-dealkylation sites (tertiary alicyclic amines) is 2. The molecule has 14 rings (SSSR count). The molecule has 4 saturated heterocycles. The van der Waals surface area contributed by atoms with Crippen LogP contribution >= 0.6 is 0 Å². The van der Waals surface area contributed by atoms with Gasteiger partial charge in [-0.25, -0.2) is 9.59 Å². The van der Waals surface area contributed by atoms with Crippen LogP contribution in [0.25, 0.3) is 0 Å². The summed E-state index contributed by atoms with van der Waals surface area (Å²) in [7, 11) is 0. The number of esters is 1.